The molecular weight excluding hydrogens is 166 g/mol. The summed E-state index contributed by atoms with van der Waals surface area (Å²) in [6.45, 7) is 6.63. The summed E-state index contributed by atoms with van der Waals surface area (Å²) in [5.74, 6) is 1.84. The topological polar surface area (TPSA) is 12.4 Å². The largest absolute Gasteiger partial charge is 0.276 e. The van der Waals surface area contributed by atoms with Crippen molar-refractivity contribution >= 4 is 17.3 Å². The van der Waals surface area contributed by atoms with Crippen LogP contribution in [0, 0.1) is 5.92 Å². The Bertz CT molecular complexity index is 198. The van der Waals surface area contributed by atoms with Crippen molar-refractivity contribution in [2.24, 2.45) is 10.9 Å². The second kappa shape index (κ2) is 4.13. The summed E-state index contributed by atoms with van der Waals surface area (Å²) in [6, 6.07) is 0. The quantitative estimate of drug-likeness (QED) is 0.599. The third-order valence-electron chi connectivity index (χ3n) is 2.44. The summed E-state index contributed by atoms with van der Waals surface area (Å²) in [4.78, 5) is 4.53. The Labute approximate surface area is 79.3 Å². The van der Waals surface area contributed by atoms with Crippen LogP contribution in [0.5, 0.6) is 0 Å². The van der Waals surface area contributed by atoms with Crippen LogP contribution in [0.3, 0.4) is 0 Å². The van der Waals surface area contributed by atoms with E-state index in [4.69, 9.17) is 0 Å². The summed E-state index contributed by atoms with van der Waals surface area (Å²) in [7, 11) is 0. The van der Waals surface area contributed by atoms with E-state index in [1.165, 1.54) is 5.75 Å². The zero-order chi connectivity index (χ0) is 9.03. The second-order valence-corrected chi connectivity index (χ2v) is 4.38. The van der Waals surface area contributed by atoms with Gasteiger partial charge in [0.2, 0.25) is 0 Å². The van der Waals surface area contributed by atoms with Crippen molar-refractivity contribution in [2.75, 3.05) is 5.75 Å². The van der Waals surface area contributed by atoms with E-state index >= 15 is 0 Å². The van der Waals surface area contributed by atoms with Crippen molar-refractivity contribution in [3.8, 4) is 0 Å². The zero-order valence-electron chi connectivity index (χ0n) is 8.08. The van der Waals surface area contributed by atoms with Gasteiger partial charge in [-0.25, -0.2) is 0 Å². The van der Waals surface area contributed by atoms with E-state index in [1.54, 1.807) is 0 Å². The fraction of sp³-hybridized carbons (Fsp3) is 0.700. The first-order valence-corrected chi connectivity index (χ1v) is 5.57. The highest BCUT2D eigenvalue weighted by atomic mass is 32.2. The molecule has 0 spiro atoms. The van der Waals surface area contributed by atoms with Gasteiger partial charge in [-0.05, 0) is 19.3 Å². The Hall–Kier alpha value is -0.240. The van der Waals surface area contributed by atoms with E-state index in [0.29, 0.717) is 5.92 Å². The fourth-order valence-corrected chi connectivity index (χ4v) is 2.21. The number of hydrogen-bond donors (Lipinski definition) is 0. The highest BCUT2D eigenvalue weighted by molar-refractivity contribution is 8.12. The lowest BCUT2D eigenvalue weighted by atomic mass is 9.88. The minimum absolute atomic E-state index is 0.0568. The zero-order valence-corrected chi connectivity index (χ0v) is 8.90. The highest BCUT2D eigenvalue weighted by Crippen LogP contribution is 2.30. The van der Waals surface area contributed by atoms with Gasteiger partial charge in [-0.15, -0.1) is 11.8 Å². The number of aliphatic imine (C=N–C) groups is 1. The van der Waals surface area contributed by atoms with Crippen LogP contribution in [0.2, 0.25) is 0 Å². The summed E-state index contributed by atoms with van der Waals surface area (Å²) >= 11 is 1.81. The molecule has 0 bridgehead atoms. The van der Waals surface area contributed by atoms with E-state index in [9.17, 15) is 0 Å². The molecule has 0 N–H and O–H groups in total. The molecule has 0 amide bonds. The maximum Gasteiger partial charge on any atom is 0.0799 e. The lowest BCUT2D eigenvalue weighted by Crippen LogP contribution is -2.32. The molecule has 0 aliphatic carbocycles. The van der Waals surface area contributed by atoms with Crippen LogP contribution in [-0.4, -0.2) is 16.8 Å². The van der Waals surface area contributed by atoms with Gasteiger partial charge in [-0.3, -0.25) is 4.99 Å². The van der Waals surface area contributed by atoms with Crippen LogP contribution in [-0.2, 0) is 0 Å². The van der Waals surface area contributed by atoms with Gasteiger partial charge in [0, 0.05) is 5.75 Å². The average Bonchev–Trinajstić information content (AvgIpc) is 2.07. The predicted octanol–water partition coefficient (Wildman–Crippen LogP) is 3.12. The molecule has 0 fully saturated rings. The molecule has 1 unspecified atom stereocenters. The average molecular weight is 183 g/mol. The lowest BCUT2D eigenvalue weighted by molar-refractivity contribution is 0.427. The van der Waals surface area contributed by atoms with Crippen molar-refractivity contribution in [1.82, 2.24) is 0 Å². The molecule has 2 heteroatoms. The number of rotatable bonds is 2. The van der Waals surface area contributed by atoms with E-state index in [0.717, 1.165) is 6.42 Å². The monoisotopic (exact) mass is 183 g/mol. The molecule has 0 aromatic carbocycles. The summed E-state index contributed by atoms with van der Waals surface area (Å²) in [5, 5.41) is 0. The Morgan fingerprint density at radius 1 is 1.75 bits per heavy atom. The molecule has 1 rings (SSSR count). The van der Waals surface area contributed by atoms with Gasteiger partial charge in [0.25, 0.3) is 0 Å². The number of hydrogen-bond acceptors (Lipinski definition) is 2. The smallest absolute Gasteiger partial charge is 0.0799 e. The third-order valence-corrected chi connectivity index (χ3v) is 3.39. The Morgan fingerprint density at radius 3 is 3.08 bits per heavy atom. The fourth-order valence-electron chi connectivity index (χ4n) is 1.20. The lowest BCUT2D eigenvalue weighted by Gasteiger charge is -2.31. The molecule has 1 heterocycles. The minimum atomic E-state index is 0.0568. The van der Waals surface area contributed by atoms with Crippen LogP contribution in [0.15, 0.2) is 17.1 Å². The van der Waals surface area contributed by atoms with Crippen molar-refractivity contribution < 1.29 is 0 Å². The van der Waals surface area contributed by atoms with Crippen LogP contribution < -0.4 is 0 Å². The minimum Gasteiger partial charge on any atom is -0.276 e. The predicted molar refractivity (Wildman–Crippen MR) is 58.0 cm³/mol. The normalized spacial score (nSPS) is 36.1. The van der Waals surface area contributed by atoms with E-state index in [2.05, 4.69) is 37.9 Å². The maximum atomic E-state index is 4.53. The van der Waals surface area contributed by atoms with Crippen LogP contribution >= 0.6 is 11.8 Å². The van der Waals surface area contributed by atoms with Crippen molar-refractivity contribution in [3.63, 3.8) is 0 Å². The molecule has 1 aliphatic heterocycles. The number of nitrogens with zero attached hydrogens (tertiary/aromatic N) is 1. The summed E-state index contributed by atoms with van der Waals surface area (Å²) < 4.78 is 0. The number of thioether (sulfide) groups is 1. The first kappa shape index (κ1) is 9.85. The Kier molecular flexibility index (Phi) is 3.39. The van der Waals surface area contributed by atoms with Gasteiger partial charge in [0.15, 0.2) is 0 Å². The van der Waals surface area contributed by atoms with Gasteiger partial charge >= 0.3 is 0 Å². The van der Waals surface area contributed by atoms with Crippen LogP contribution in [0.4, 0.5) is 0 Å². The first-order chi connectivity index (χ1) is 5.69. The third kappa shape index (κ3) is 2.13. The van der Waals surface area contributed by atoms with E-state index in [1.807, 2.05) is 17.3 Å². The molecule has 1 nitrogen and oxygen atoms in total. The van der Waals surface area contributed by atoms with Crippen molar-refractivity contribution in [3.05, 3.63) is 12.2 Å². The molecule has 68 valence electrons. The second-order valence-electron chi connectivity index (χ2n) is 3.51. The standard InChI is InChI=1S/C10H17NS/c1-4-5-6-10(3)9(2)7-12-8-11-10/h5-6,8-9H,4,7H2,1-3H3/b6-5-/t9?,10-/m0/s1. The van der Waals surface area contributed by atoms with Crippen molar-refractivity contribution in [2.45, 2.75) is 32.7 Å². The summed E-state index contributed by atoms with van der Waals surface area (Å²) in [6.07, 6.45) is 5.56. The molecule has 0 aromatic heterocycles. The van der Waals surface area contributed by atoms with Gasteiger partial charge in [0.1, 0.15) is 0 Å². The molecule has 0 saturated heterocycles. The van der Waals surface area contributed by atoms with Gasteiger partial charge in [0.05, 0.1) is 11.1 Å². The Morgan fingerprint density at radius 2 is 2.50 bits per heavy atom. The van der Waals surface area contributed by atoms with Gasteiger partial charge < -0.3 is 0 Å². The molecule has 0 radical (unpaired) electrons. The first-order valence-electron chi connectivity index (χ1n) is 4.52. The summed E-state index contributed by atoms with van der Waals surface area (Å²) in [5.41, 5.74) is 2.04. The van der Waals surface area contributed by atoms with Crippen LogP contribution in [0.25, 0.3) is 0 Å². The molecule has 2 atom stereocenters. The molecule has 12 heavy (non-hydrogen) atoms. The molecule has 1 aliphatic rings. The Balaban J connectivity index is 2.72. The molecular formula is C10H17NS. The van der Waals surface area contributed by atoms with Gasteiger partial charge in [-0.1, -0.05) is 26.0 Å². The maximum absolute atomic E-state index is 4.53. The van der Waals surface area contributed by atoms with Gasteiger partial charge in [-0.2, -0.15) is 0 Å². The highest BCUT2D eigenvalue weighted by Gasteiger charge is 2.28. The molecule has 0 aromatic rings. The van der Waals surface area contributed by atoms with E-state index in [-0.39, 0.29) is 5.54 Å². The molecule has 0 saturated carbocycles. The van der Waals surface area contributed by atoms with E-state index < -0.39 is 0 Å². The number of allylic oxidation sites excluding steroid dienone is 1. The van der Waals surface area contributed by atoms with Crippen LogP contribution in [0.1, 0.15) is 27.2 Å². The van der Waals surface area contributed by atoms with Crippen molar-refractivity contribution in [1.29, 1.82) is 0 Å². The SMILES string of the molecule is CC/C=C\[C@]1(C)N=CSCC1C.